The van der Waals surface area contributed by atoms with Crippen LogP contribution in [0.25, 0.3) is 0 Å². The third kappa shape index (κ3) is 11.6. The highest BCUT2D eigenvalue weighted by Crippen LogP contribution is 2.12. The third-order valence-electron chi connectivity index (χ3n) is 7.87. The minimum atomic E-state index is -0.418. The van der Waals surface area contributed by atoms with Crippen LogP contribution >= 0.6 is 0 Å². The molecule has 12 heteroatoms. The van der Waals surface area contributed by atoms with Gasteiger partial charge in [0.15, 0.2) is 0 Å². The van der Waals surface area contributed by atoms with Gasteiger partial charge >= 0.3 is 0 Å². The van der Waals surface area contributed by atoms with Gasteiger partial charge in [0.25, 0.3) is 0 Å². The summed E-state index contributed by atoms with van der Waals surface area (Å²) in [6.07, 6.45) is 2.37. The van der Waals surface area contributed by atoms with Crippen molar-refractivity contribution in [3.63, 3.8) is 0 Å². The summed E-state index contributed by atoms with van der Waals surface area (Å²) in [4.78, 5) is 76.2. The second-order valence-electron chi connectivity index (χ2n) is 11.6. The monoisotopic (exact) mass is 635 g/mol. The number of carbonyl (C=O) groups is 5. The second kappa shape index (κ2) is 19.3. The summed E-state index contributed by atoms with van der Waals surface area (Å²) >= 11 is 0. The van der Waals surface area contributed by atoms with Crippen LogP contribution in [-0.2, 0) is 37.1 Å². The summed E-state index contributed by atoms with van der Waals surface area (Å²) < 4.78 is 0. The highest BCUT2D eigenvalue weighted by molar-refractivity contribution is 5.93. The van der Waals surface area contributed by atoms with E-state index in [-0.39, 0.29) is 64.8 Å². The van der Waals surface area contributed by atoms with Gasteiger partial charge < -0.3 is 36.0 Å². The number of unbranched alkanes of at least 4 members (excludes halogenated alkanes) is 1. The SMILES string of the molecule is CCCCN1CC(=O)N(Cc2ccccc2)CC(=O)N(CCCN)CC(=O)N(CCCN)CC(=O)N(Cc2ccccc2)CC1=O. The molecule has 0 spiro atoms. The fourth-order valence-corrected chi connectivity index (χ4v) is 5.18. The predicted molar refractivity (Wildman–Crippen MR) is 176 cm³/mol. The minimum absolute atomic E-state index is 0.154. The number of nitrogens with two attached hydrogens (primary N) is 2. The molecule has 0 bridgehead atoms. The van der Waals surface area contributed by atoms with Gasteiger partial charge in [-0.2, -0.15) is 0 Å². The van der Waals surface area contributed by atoms with Crippen molar-refractivity contribution in [2.45, 2.75) is 45.7 Å². The number of rotatable bonds is 13. The van der Waals surface area contributed by atoms with Gasteiger partial charge in [-0.25, -0.2) is 0 Å². The number of amides is 5. The lowest BCUT2D eigenvalue weighted by molar-refractivity contribution is -0.146. The number of nitrogens with zero attached hydrogens (tertiary/aromatic N) is 5. The zero-order valence-corrected chi connectivity index (χ0v) is 27.0. The molecule has 46 heavy (non-hydrogen) atoms. The van der Waals surface area contributed by atoms with Crippen molar-refractivity contribution in [3.05, 3.63) is 71.8 Å². The summed E-state index contributed by atoms with van der Waals surface area (Å²) in [6.45, 7) is 2.36. The van der Waals surface area contributed by atoms with E-state index in [0.29, 0.717) is 38.9 Å². The smallest absolute Gasteiger partial charge is 0.242 e. The molecular formula is C34H49N7O5. The van der Waals surface area contributed by atoms with Crippen LogP contribution in [0.4, 0.5) is 0 Å². The van der Waals surface area contributed by atoms with Crippen LogP contribution in [-0.4, -0.2) is 119 Å². The number of benzene rings is 2. The molecule has 0 atom stereocenters. The van der Waals surface area contributed by atoms with Crippen molar-refractivity contribution in [1.29, 1.82) is 0 Å². The quantitative estimate of drug-likeness (QED) is 0.334. The van der Waals surface area contributed by atoms with E-state index in [0.717, 1.165) is 17.5 Å². The average Bonchev–Trinajstić information content (AvgIpc) is 3.06. The van der Waals surface area contributed by atoms with Gasteiger partial charge in [0.05, 0.1) is 19.6 Å². The van der Waals surface area contributed by atoms with Crippen molar-refractivity contribution in [3.8, 4) is 0 Å². The van der Waals surface area contributed by atoms with E-state index in [1.54, 1.807) is 0 Å². The van der Waals surface area contributed by atoms with E-state index in [2.05, 4.69) is 0 Å². The van der Waals surface area contributed by atoms with Crippen LogP contribution in [0.15, 0.2) is 60.7 Å². The molecule has 2 aromatic rings. The van der Waals surface area contributed by atoms with Gasteiger partial charge in [-0.15, -0.1) is 0 Å². The highest BCUT2D eigenvalue weighted by atomic mass is 16.2. The first-order valence-electron chi connectivity index (χ1n) is 16.1. The number of carbonyl (C=O) groups excluding carboxylic acids is 5. The van der Waals surface area contributed by atoms with E-state index in [4.69, 9.17) is 11.5 Å². The lowest BCUT2D eigenvalue weighted by Gasteiger charge is -2.30. The van der Waals surface area contributed by atoms with Crippen LogP contribution in [0, 0.1) is 0 Å². The van der Waals surface area contributed by atoms with Crippen LogP contribution in [0.2, 0.25) is 0 Å². The fraction of sp³-hybridized carbons (Fsp3) is 0.500. The van der Waals surface area contributed by atoms with E-state index < -0.39 is 23.6 Å². The molecule has 1 fully saturated rings. The van der Waals surface area contributed by atoms with Gasteiger partial charge in [0.2, 0.25) is 29.5 Å². The molecule has 3 rings (SSSR count). The van der Waals surface area contributed by atoms with Crippen molar-refractivity contribution in [1.82, 2.24) is 24.5 Å². The molecule has 12 nitrogen and oxygen atoms in total. The molecule has 1 heterocycles. The Hall–Kier alpha value is -4.29. The molecule has 1 aliphatic rings. The summed E-state index contributed by atoms with van der Waals surface area (Å²) in [6, 6.07) is 18.6. The predicted octanol–water partition coefficient (Wildman–Crippen LogP) is 1.04. The van der Waals surface area contributed by atoms with Crippen molar-refractivity contribution in [2.75, 3.05) is 65.4 Å². The molecule has 250 valence electrons. The summed E-state index contributed by atoms with van der Waals surface area (Å²) in [5, 5.41) is 0. The molecule has 5 amide bonds. The van der Waals surface area contributed by atoms with Gasteiger partial charge in [0.1, 0.15) is 13.1 Å². The second-order valence-corrected chi connectivity index (χ2v) is 11.6. The van der Waals surface area contributed by atoms with E-state index in [1.807, 2.05) is 67.6 Å². The van der Waals surface area contributed by atoms with Gasteiger partial charge in [-0.05, 0) is 43.5 Å². The number of hydrogen-bond acceptors (Lipinski definition) is 7. The van der Waals surface area contributed by atoms with Crippen molar-refractivity contribution >= 4 is 29.5 Å². The molecule has 2 aromatic carbocycles. The molecular weight excluding hydrogens is 586 g/mol. The maximum absolute atomic E-state index is 13.9. The number of hydrogen-bond donors (Lipinski definition) is 2. The first-order chi connectivity index (χ1) is 22.2. The highest BCUT2D eigenvalue weighted by Gasteiger charge is 2.30. The van der Waals surface area contributed by atoms with Crippen LogP contribution in [0.1, 0.15) is 43.7 Å². The Morgan fingerprint density at radius 3 is 1.11 bits per heavy atom. The van der Waals surface area contributed by atoms with E-state index in [1.165, 1.54) is 24.5 Å². The molecule has 0 unspecified atom stereocenters. The molecule has 1 saturated heterocycles. The van der Waals surface area contributed by atoms with Crippen LogP contribution in [0.5, 0.6) is 0 Å². The summed E-state index contributed by atoms with van der Waals surface area (Å²) in [5.41, 5.74) is 13.2. The lowest BCUT2D eigenvalue weighted by Crippen LogP contribution is -2.50. The van der Waals surface area contributed by atoms with E-state index in [9.17, 15) is 24.0 Å². The summed E-state index contributed by atoms with van der Waals surface area (Å²) in [5.74, 6) is -2.02. The molecule has 4 N–H and O–H groups in total. The Bertz CT molecular complexity index is 1230. The first-order valence-corrected chi connectivity index (χ1v) is 16.1. The Labute approximate surface area is 272 Å². The third-order valence-corrected chi connectivity index (χ3v) is 7.87. The summed E-state index contributed by atoms with van der Waals surface area (Å²) in [7, 11) is 0. The largest absolute Gasteiger partial charge is 0.332 e. The Balaban J connectivity index is 2.04. The Morgan fingerprint density at radius 1 is 0.478 bits per heavy atom. The lowest BCUT2D eigenvalue weighted by atomic mass is 10.2. The van der Waals surface area contributed by atoms with Gasteiger partial charge in [0, 0.05) is 32.7 Å². The molecule has 0 saturated carbocycles. The zero-order valence-electron chi connectivity index (χ0n) is 27.0. The standard InChI is InChI=1S/C34H49N7O5/c1-2-3-18-37-24-33(45)41(22-29-14-8-5-9-15-29)27-32(44)38(19-10-16-35)23-30(42)39(20-11-17-36)25-34(46)40(26-31(37)43)21-28-12-6-4-7-13-28/h4-9,12-15H,2-3,10-11,16-27,35-36H2,1H3. The van der Waals surface area contributed by atoms with E-state index >= 15 is 0 Å². The maximum Gasteiger partial charge on any atom is 0.242 e. The Morgan fingerprint density at radius 2 is 0.783 bits per heavy atom. The normalized spacial score (nSPS) is 16.2. The molecule has 0 aliphatic carbocycles. The average molecular weight is 636 g/mol. The van der Waals surface area contributed by atoms with Gasteiger partial charge in [-0.3, -0.25) is 24.0 Å². The van der Waals surface area contributed by atoms with Crippen LogP contribution < -0.4 is 11.5 Å². The topological polar surface area (TPSA) is 154 Å². The Kier molecular flexibility index (Phi) is 15.2. The fourth-order valence-electron chi connectivity index (χ4n) is 5.18. The molecule has 0 aromatic heterocycles. The first kappa shape index (κ1) is 36.2. The molecule has 0 radical (unpaired) electrons. The zero-order chi connectivity index (χ0) is 33.3. The van der Waals surface area contributed by atoms with Crippen molar-refractivity contribution in [2.24, 2.45) is 11.5 Å². The van der Waals surface area contributed by atoms with Gasteiger partial charge in [-0.1, -0.05) is 74.0 Å². The minimum Gasteiger partial charge on any atom is -0.332 e. The molecule has 1 aliphatic heterocycles. The van der Waals surface area contributed by atoms with Crippen LogP contribution in [0.3, 0.4) is 0 Å². The van der Waals surface area contributed by atoms with Crippen molar-refractivity contribution < 1.29 is 24.0 Å². The maximum atomic E-state index is 13.9.